The van der Waals surface area contributed by atoms with Gasteiger partial charge in [-0.15, -0.1) is 0 Å². The van der Waals surface area contributed by atoms with Crippen LogP contribution in [0.2, 0.25) is 0 Å². The summed E-state index contributed by atoms with van der Waals surface area (Å²) in [6.45, 7) is 6.21. The number of carbonyl (C=O) groups is 2. The first-order chi connectivity index (χ1) is 14.3. The molecule has 3 amide bonds. The molecular formula is C25H37N3O2. The van der Waals surface area contributed by atoms with Gasteiger partial charge in [0.2, 0.25) is 5.91 Å². The van der Waals surface area contributed by atoms with Crippen molar-refractivity contribution in [2.24, 2.45) is 23.2 Å². The number of carbonyl (C=O) groups excluding carboxylic acids is 2. The highest BCUT2D eigenvalue weighted by atomic mass is 16.2. The molecule has 0 spiro atoms. The quantitative estimate of drug-likeness (QED) is 0.701. The summed E-state index contributed by atoms with van der Waals surface area (Å²) in [7, 11) is 1.71. The van der Waals surface area contributed by atoms with E-state index in [1.807, 2.05) is 32.0 Å². The Morgan fingerprint density at radius 1 is 1.07 bits per heavy atom. The highest BCUT2D eigenvalue weighted by molar-refractivity contribution is 5.95. The molecule has 4 saturated carbocycles. The van der Waals surface area contributed by atoms with Crippen LogP contribution in [0.25, 0.3) is 0 Å². The Labute approximate surface area is 181 Å². The fraction of sp³-hybridized carbons (Fsp3) is 0.680. The van der Waals surface area contributed by atoms with E-state index in [-0.39, 0.29) is 29.9 Å². The van der Waals surface area contributed by atoms with Crippen molar-refractivity contribution in [3.8, 4) is 0 Å². The van der Waals surface area contributed by atoms with Gasteiger partial charge in [0.1, 0.15) is 6.54 Å². The predicted octanol–water partition coefficient (Wildman–Crippen LogP) is 4.88. The third kappa shape index (κ3) is 4.08. The summed E-state index contributed by atoms with van der Waals surface area (Å²) in [4.78, 5) is 27.1. The summed E-state index contributed by atoms with van der Waals surface area (Å²) in [5.41, 5.74) is 3.18. The zero-order chi connectivity index (χ0) is 21.5. The van der Waals surface area contributed by atoms with E-state index in [0.717, 1.165) is 41.0 Å². The molecule has 4 bridgehead atoms. The number of rotatable bonds is 6. The molecule has 1 aromatic rings. The van der Waals surface area contributed by atoms with Crippen LogP contribution in [-0.4, -0.2) is 36.5 Å². The van der Waals surface area contributed by atoms with Crippen LogP contribution in [0.15, 0.2) is 18.2 Å². The lowest BCUT2D eigenvalue weighted by Crippen LogP contribution is -2.58. The molecule has 5 heteroatoms. The maximum absolute atomic E-state index is 13.0. The summed E-state index contributed by atoms with van der Waals surface area (Å²) >= 11 is 0. The summed E-state index contributed by atoms with van der Waals surface area (Å²) in [6.07, 6.45) is 8.99. The Balaban J connectivity index is 1.36. The molecule has 5 rings (SSSR count). The van der Waals surface area contributed by atoms with Crippen LogP contribution in [0.1, 0.15) is 63.0 Å². The van der Waals surface area contributed by atoms with Gasteiger partial charge >= 0.3 is 6.03 Å². The molecule has 1 atom stereocenters. The first kappa shape index (κ1) is 21.2. The van der Waals surface area contributed by atoms with Crippen molar-refractivity contribution in [3.05, 3.63) is 29.3 Å². The van der Waals surface area contributed by atoms with Crippen LogP contribution >= 0.6 is 0 Å². The molecule has 0 aliphatic heterocycles. The van der Waals surface area contributed by atoms with Gasteiger partial charge in [-0.05, 0) is 93.1 Å². The minimum absolute atomic E-state index is 0.0525. The van der Waals surface area contributed by atoms with E-state index in [1.165, 1.54) is 43.4 Å². The molecule has 2 N–H and O–H groups in total. The molecule has 0 saturated heterocycles. The summed E-state index contributed by atoms with van der Waals surface area (Å²) in [5, 5.41) is 6.30. The SMILES string of the molecule is CC[C@@H](NC(=O)N(C)CC(=O)Nc1c(C)cccc1C)C12CC3CC(CC(C3)C1)C2. The Hall–Kier alpha value is -2.04. The van der Waals surface area contributed by atoms with Gasteiger partial charge in [-0.25, -0.2) is 4.79 Å². The largest absolute Gasteiger partial charge is 0.335 e. The number of benzene rings is 1. The Kier molecular flexibility index (Phi) is 5.82. The number of hydrogen-bond acceptors (Lipinski definition) is 2. The number of anilines is 1. The van der Waals surface area contributed by atoms with E-state index < -0.39 is 0 Å². The molecule has 4 aliphatic rings. The van der Waals surface area contributed by atoms with Crippen LogP contribution in [0.5, 0.6) is 0 Å². The molecule has 0 heterocycles. The zero-order valence-corrected chi connectivity index (χ0v) is 19.0. The number of para-hydroxylation sites is 1. The molecule has 0 radical (unpaired) electrons. The van der Waals surface area contributed by atoms with Crippen LogP contribution in [0.3, 0.4) is 0 Å². The van der Waals surface area contributed by atoms with Gasteiger partial charge in [0.05, 0.1) is 0 Å². The first-order valence-corrected chi connectivity index (χ1v) is 11.7. The monoisotopic (exact) mass is 411 g/mol. The number of amides is 3. The summed E-state index contributed by atoms with van der Waals surface area (Å²) in [5.74, 6) is 2.43. The summed E-state index contributed by atoms with van der Waals surface area (Å²) < 4.78 is 0. The zero-order valence-electron chi connectivity index (χ0n) is 19.0. The third-order valence-corrected chi connectivity index (χ3v) is 8.00. The lowest BCUT2D eigenvalue weighted by atomic mass is 9.47. The fourth-order valence-electron chi connectivity index (χ4n) is 7.03. The van der Waals surface area contributed by atoms with E-state index in [1.54, 1.807) is 7.05 Å². The van der Waals surface area contributed by atoms with Crippen LogP contribution in [-0.2, 0) is 4.79 Å². The van der Waals surface area contributed by atoms with Gasteiger partial charge in [-0.3, -0.25) is 4.79 Å². The van der Waals surface area contributed by atoms with Crippen molar-refractivity contribution in [2.75, 3.05) is 18.9 Å². The number of aryl methyl sites for hydroxylation is 2. The fourth-order valence-corrected chi connectivity index (χ4v) is 7.03. The van der Waals surface area contributed by atoms with Gasteiger partial charge in [0.25, 0.3) is 0 Å². The second-order valence-corrected chi connectivity index (χ2v) is 10.4. The molecule has 164 valence electrons. The average Bonchev–Trinajstić information content (AvgIpc) is 2.67. The van der Waals surface area contributed by atoms with E-state index in [4.69, 9.17) is 0 Å². The number of hydrogen-bond donors (Lipinski definition) is 2. The predicted molar refractivity (Wildman–Crippen MR) is 120 cm³/mol. The average molecular weight is 412 g/mol. The van der Waals surface area contributed by atoms with Crippen molar-refractivity contribution < 1.29 is 9.59 Å². The lowest BCUT2D eigenvalue weighted by molar-refractivity contribution is -0.116. The molecule has 1 aromatic carbocycles. The minimum atomic E-state index is -0.159. The first-order valence-electron chi connectivity index (χ1n) is 11.7. The minimum Gasteiger partial charge on any atom is -0.335 e. The van der Waals surface area contributed by atoms with E-state index in [0.29, 0.717) is 0 Å². The second kappa shape index (κ2) is 8.24. The van der Waals surface area contributed by atoms with E-state index >= 15 is 0 Å². The molecule has 0 aromatic heterocycles. The Bertz CT molecular complexity index is 763. The number of likely N-dealkylation sites (N-methyl/N-ethyl adjacent to an activating group) is 1. The molecular weight excluding hydrogens is 374 g/mol. The Morgan fingerprint density at radius 3 is 2.10 bits per heavy atom. The van der Waals surface area contributed by atoms with Crippen molar-refractivity contribution in [2.45, 2.75) is 71.8 Å². The molecule has 30 heavy (non-hydrogen) atoms. The normalized spacial score (nSPS) is 30.1. The van der Waals surface area contributed by atoms with Crippen molar-refractivity contribution >= 4 is 17.6 Å². The maximum atomic E-state index is 13.0. The van der Waals surface area contributed by atoms with Gasteiger partial charge in [-0.2, -0.15) is 0 Å². The van der Waals surface area contributed by atoms with Gasteiger partial charge in [0, 0.05) is 18.8 Å². The number of nitrogens with zero attached hydrogens (tertiary/aromatic N) is 1. The van der Waals surface area contributed by atoms with E-state index in [9.17, 15) is 9.59 Å². The van der Waals surface area contributed by atoms with Crippen LogP contribution < -0.4 is 10.6 Å². The van der Waals surface area contributed by atoms with Gasteiger partial charge in [-0.1, -0.05) is 25.1 Å². The molecule has 0 unspecified atom stereocenters. The summed E-state index contributed by atoms with van der Waals surface area (Å²) in [6, 6.07) is 6.03. The molecule has 4 fully saturated rings. The highest BCUT2D eigenvalue weighted by Gasteiger charge is 2.54. The highest BCUT2D eigenvalue weighted by Crippen LogP contribution is 2.61. The van der Waals surface area contributed by atoms with Crippen molar-refractivity contribution in [1.82, 2.24) is 10.2 Å². The van der Waals surface area contributed by atoms with Gasteiger partial charge < -0.3 is 15.5 Å². The third-order valence-electron chi connectivity index (χ3n) is 8.00. The molecule has 4 aliphatic carbocycles. The smallest absolute Gasteiger partial charge is 0.317 e. The Morgan fingerprint density at radius 2 is 1.60 bits per heavy atom. The number of nitrogens with one attached hydrogen (secondary N) is 2. The second-order valence-electron chi connectivity index (χ2n) is 10.4. The topological polar surface area (TPSA) is 61.4 Å². The van der Waals surface area contributed by atoms with Crippen molar-refractivity contribution in [3.63, 3.8) is 0 Å². The standard InChI is InChI=1S/C25H37N3O2/c1-5-21(25-12-18-9-19(13-25)11-20(10-18)14-25)26-24(30)28(4)15-22(29)27-23-16(2)7-6-8-17(23)3/h6-8,18-21H,5,9-15H2,1-4H3,(H,26,30)(H,27,29)/t18?,19?,20?,21-,25?/m1/s1. The maximum Gasteiger partial charge on any atom is 0.317 e. The van der Waals surface area contributed by atoms with Crippen molar-refractivity contribution in [1.29, 1.82) is 0 Å². The lowest BCUT2D eigenvalue weighted by Gasteiger charge is -2.59. The number of urea groups is 1. The van der Waals surface area contributed by atoms with Gasteiger partial charge in [0.15, 0.2) is 0 Å². The van der Waals surface area contributed by atoms with Crippen LogP contribution in [0.4, 0.5) is 10.5 Å². The van der Waals surface area contributed by atoms with E-state index in [2.05, 4.69) is 17.6 Å². The van der Waals surface area contributed by atoms with Crippen LogP contribution in [0, 0.1) is 37.0 Å². The molecule has 5 nitrogen and oxygen atoms in total.